The summed E-state index contributed by atoms with van der Waals surface area (Å²) in [4.78, 5) is 13.4. The van der Waals surface area contributed by atoms with Crippen LogP contribution in [0.1, 0.15) is 27.0 Å². The van der Waals surface area contributed by atoms with Crippen molar-refractivity contribution < 1.29 is 18.0 Å². The zero-order chi connectivity index (χ0) is 19.2. The molecule has 0 aliphatic carbocycles. The molecule has 0 atom stereocenters. The fourth-order valence-corrected chi connectivity index (χ4v) is 2.94. The summed E-state index contributed by atoms with van der Waals surface area (Å²) in [5.41, 5.74) is 2.16. The Labute approximate surface area is 154 Å². The van der Waals surface area contributed by atoms with Crippen LogP contribution in [0.2, 0.25) is 0 Å². The SMILES string of the molecule is CSCc1ccc(C(=O)N(Cc2ccc(C#N)cc2)CC(F)(F)F)cc1. The number of hydrogen-bond donors (Lipinski definition) is 0. The van der Waals surface area contributed by atoms with E-state index in [1.807, 2.05) is 12.3 Å². The normalized spacial score (nSPS) is 11.0. The largest absolute Gasteiger partial charge is 0.406 e. The van der Waals surface area contributed by atoms with Crippen molar-refractivity contribution in [3.05, 3.63) is 70.8 Å². The van der Waals surface area contributed by atoms with Gasteiger partial charge in [0.05, 0.1) is 11.6 Å². The van der Waals surface area contributed by atoms with Crippen molar-refractivity contribution in [3.63, 3.8) is 0 Å². The lowest BCUT2D eigenvalue weighted by Crippen LogP contribution is -2.38. The molecule has 26 heavy (non-hydrogen) atoms. The fourth-order valence-electron chi connectivity index (χ4n) is 2.41. The van der Waals surface area contributed by atoms with E-state index in [0.717, 1.165) is 16.2 Å². The second-order valence-corrected chi connectivity index (χ2v) is 6.58. The van der Waals surface area contributed by atoms with Gasteiger partial charge in [0.15, 0.2) is 0 Å². The van der Waals surface area contributed by atoms with Crippen LogP contribution in [-0.2, 0) is 12.3 Å². The van der Waals surface area contributed by atoms with E-state index in [1.165, 1.54) is 12.1 Å². The Morgan fingerprint density at radius 1 is 1.08 bits per heavy atom. The van der Waals surface area contributed by atoms with Crippen molar-refractivity contribution in [1.29, 1.82) is 5.26 Å². The van der Waals surface area contributed by atoms with Gasteiger partial charge >= 0.3 is 6.18 Å². The summed E-state index contributed by atoms with van der Waals surface area (Å²) in [6.45, 7) is -1.52. The van der Waals surface area contributed by atoms with Gasteiger partial charge in [0.25, 0.3) is 5.91 Å². The van der Waals surface area contributed by atoms with Crippen LogP contribution in [0.15, 0.2) is 48.5 Å². The van der Waals surface area contributed by atoms with E-state index in [4.69, 9.17) is 5.26 Å². The molecule has 3 nitrogen and oxygen atoms in total. The minimum Gasteiger partial charge on any atom is -0.325 e. The monoisotopic (exact) mass is 378 g/mol. The number of amides is 1. The predicted molar refractivity (Wildman–Crippen MR) is 95.6 cm³/mol. The number of halogens is 3. The van der Waals surface area contributed by atoms with Gasteiger partial charge in [0, 0.05) is 17.9 Å². The molecule has 2 rings (SSSR count). The molecule has 0 aliphatic heterocycles. The molecule has 0 aromatic heterocycles. The molecule has 0 heterocycles. The molecule has 0 bridgehead atoms. The molecule has 0 unspecified atom stereocenters. The average Bonchev–Trinajstić information content (AvgIpc) is 2.61. The van der Waals surface area contributed by atoms with E-state index in [1.54, 1.807) is 48.2 Å². The van der Waals surface area contributed by atoms with Crippen LogP contribution in [-0.4, -0.2) is 29.8 Å². The van der Waals surface area contributed by atoms with E-state index in [9.17, 15) is 18.0 Å². The summed E-state index contributed by atoms with van der Waals surface area (Å²) in [6.07, 6.45) is -2.55. The summed E-state index contributed by atoms with van der Waals surface area (Å²) >= 11 is 1.62. The third-order valence-corrected chi connectivity index (χ3v) is 4.25. The fraction of sp³-hybridized carbons (Fsp3) is 0.263. The van der Waals surface area contributed by atoms with Crippen molar-refractivity contribution >= 4 is 17.7 Å². The first-order chi connectivity index (χ1) is 12.3. The third kappa shape index (κ3) is 5.81. The van der Waals surface area contributed by atoms with Gasteiger partial charge in [0.1, 0.15) is 6.54 Å². The third-order valence-electron chi connectivity index (χ3n) is 3.63. The van der Waals surface area contributed by atoms with E-state index in [0.29, 0.717) is 11.1 Å². The molecule has 136 valence electrons. The lowest BCUT2D eigenvalue weighted by molar-refractivity contribution is -0.141. The lowest BCUT2D eigenvalue weighted by Gasteiger charge is -2.24. The second-order valence-electron chi connectivity index (χ2n) is 5.72. The van der Waals surface area contributed by atoms with Crippen LogP contribution < -0.4 is 0 Å². The summed E-state index contributed by atoms with van der Waals surface area (Å²) < 4.78 is 38.8. The zero-order valence-electron chi connectivity index (χ0n) is 14.1. The highest BCUT2D eigenvalue weighted by atomic mass is 32.2. The van der Waals surface area contributed by atoms with Crippen LogP contribution in [0, 0.1) is 11.3 Å². The number of thioether (sulfide) groups is 1. The number of hydrogen-bond acceptors (Lipinski definition) is 3. The molecule has 0 N–H and O–H groups in total. The predicted octanol–water partition coefficient (Wildman–Crippen LogP) is 4.63. The molecule has 7 heteroatoms. The number of alkyl halides is 3. The number of rotatable bonds is 6. The molecule has 0 aliphatic rings. The molecule has 0 radical (unpaired) electrons. The highest BCUT2D eigenvalue weighted by Crippen LogP contribution is 2.21. The number of carbonyl (C=O) groups excluding carboxylic acids is 1. The van der Waals surface area contributed by atoms with Gasteiger partial charge in [-0.25, -0.2) is 0 Å². The van der Waals surface area contributed by atoms with Gasteiger partial charge < -0.3 is 4.90 Å². The van der Waals surface area contributed by atoms with Gasteiger partial charge in [0.2, 0.25) is 0 Å². The van der Waals surface area contributed by atoms with Crippen LogP contribution in [0.25, 0.3) is 0 Å². The van der Waals surface area contributed by atoms with Crippen molar-refractivity contribution in [2.24, 2.45) is 0 Å². The van der Waals surface area contributed by atoms with Gasteiger partial charge in [-0.05, 0) is 41.6 Å². The highest BCUT2D eigenvalue weighted by molar-refractivity contribution is 7.97. The summed E-state index contributed by atoms with van der Waals surface area (Å²) in [5, 5.41) is 8.80. The smallest absolute Gasteiger partial charge is 0.325 e. The average molecular weight is 378 g/mol. The van der Waals surface area contributed by atoms with E-state index >= 15 is 0 Å². The Bertz CT molecular complexity index is 780. The summed E-state index contributed by atoms with van der Waals surface area (Å²) in [5.74, 6) is 0.0915. The van der Waals surface area contributed by atoms with Crippen LogP contribution in [0.4, 0.5) is 13.2 Å². The first-order valence-electron chi connectivity index (χ1n) is 7.75. The van der Waals surface area contributed by atoms with E-state index in [-0.39, 0.29) is 12.1 Å². The maximum absolute atomic E-state index is 12.9. The van der Waals surface area contributed by atoms with Crippen molar-refractivity contribution in [2.45, 2.75) is 18.5 Å². The molecule has 0 spiro atoms. The van der Waals surface area contributed by atoms with Gasteiger partial charge in [-0.1, -0.05) is 24.3 Å². The van der Waals surface area contributed by atoms with Crippen molar-refractivity contribution in [3.8, 4) is 6.07 Å². The highest BCUT2D eigenvalue weighted by Gasteiger charge is 2.33. The second kappa shape index (κ2) is 8.77. The van der Waals surface area contributed by atoms with Crippen molar-refractivity contribution in [2.75, 3.05) is 12.8 Å². The van der Waals surface area contributed by atoms with Crippen LogP contribution >= 0.6 is 11.8 Å². The molecule has 2 aromatic carbocycles. The minimum absolute atomic E-state index is 0.184. The van der Waals surface area contributed by atoms with E-state index < -0.39 is 18.6 Å². The van der Waals surface area contributed by atoms with Gasteiger partial charge in [-0.2, -0.15) is 30.2 Å². The quantitative estimate of drug-likeness (QED) is 0.736. The Kier molecular flexibility index (Phi) is 6.70. The first-order valence-corrected chi connectivity index (χ1v) is 9.14. The standard InChI is InChI=1S/C19H17F3N2OS/c1-26-12-16-6-8-17(9-7-16)18(25)24(13-19(20,21)22)11-15-4-2-14(10-23)3-5-15/h2-9H,11-13H2,1H3. The number of carbonyl (C=O) groups is 1. The molecule has 0 saturated carbocycles. The molecule has 0 saturated heterocycles. The topological polar surface area (TPSA) is 44.1 Å². The molecule has 1 amide bonds. The maximum Gasteiger partial charge on any atom is 0.406 e. The number of nitrogens with zero attached hydrogens (tertiary/aromatic N) is 2. The van der Waals surface area contributed by atoms with Crippen molar-refractivity contribution in [1.82, 2.24) is 4.90 Å². The maximum atomic E-state index is 12.9. The van der Waals surface area contributed by atoms with Crippen LogP contribution in [0.5, 0.6) is 0 Å². The Balaban J connectivity index is 2.22. The number of nitriles is 1. The molecule has 2 aromatic rings. The Morgan fingerprint density at radius 3 is 2.15 bits per heavy atom. The number of benzene rings is 2. The molecular weight excluding hydrogens is 361 g/mol. The van der Waals surface area contributed by atoms with Crippen LogP contribution in [0.3, 0.4) is 0 Å². The minimum atomic E-state index is -4.50. The Morgan fingerprint density at radius 2 is 1.65 bits per heavy atom. The first kappa shape index (κ1) is 19.9. The zero-order valence-corrected chi connectivity index (χ0v) is 14.9. The molecular formula is C19H17F3N2OS. The van der Waals surface area contributed by atoms with E-state index in [2.05, 4.69) is 0 Å². The summed E-state index contributed by atoms with van der Waals surface area (Å²) in [6, 6.07) is 14.7. The lowest BCUT2D eigenvalue weighted by atomic mass is 10.1. The Hall–Kier alpha value is -2.46. The molecule has 0 fully saturated rings. The summed E-state index contributed by atoms with van der Waals surface area (Å²) in [7, 11) is 0. The van der Waals surface area contributed by atoms with Gasteiger partial charge in [-0.15, -0.1) is 0 Å². The van der Waals surface area contributed by atoms with Gasteiger partial charge in [-0.3, -0.25) is 4.79 Å².